The highest BCUT2D eigenvalue weighted by molar-refractivity contribution is 6.20. The number of hydrazine groups is 1. The Morgan fingerprint density at radius 2 is 2.00 bits per heavy atom. The number of hydrogen-bond donors (Lipinski definition) is 6. The number of nitrogens with one attached hydrogen (secondary N) is 4. The molecular formula is C16H30ClFN4O2. The Hall–Kier alpha value is -0.0200. The SMILES string of the molecule is OC[C@@H](F)CNC1NNC(C2CCC(Cl)CC2O)C2CCNCC12. The summed E-state index contributed by atoms with van der Waals surface area (Å²) >= 11 is 6.19. The van der Waals surface area contributed by atoms with Gasteiger partial charge < -0.3 is 15.5 Å². The van der Waals surface area contributed by atoms with Gasteiger partial charge in [-0.3, -0.25) is 10.7 Å². The summed E-state index contributed by atoms with van der Waals surface area (Å²) in [5, 5.41) is 26.0. The number of aliphatic hydroxyl groups is 2. The van der Waals surface area contributed by atoms with E-state index in [1.165, 1.54) is 0 Å². The highest BCUT2D eigenvalue weighted by atomic mass is 35.5. The summed E-state index contributed by atoms with van der Waals surface area (Å²) in [6, 6.07) is 0.202. The monoisotopic (exact) mass is 364 g/mol. The minimum atomic E-state index is -1.25. The predicted molar refractivity (Wildman–Crippen MR) is 91.3 cm³/mol. The minimum Gasteiger partial charge on any atom is -0.393 e. The Labute approximate surface area is 147 Å². The Balaban J connectivity index is 1.64. The van der Waals surface area contributed by atoms with Gasteiger partial charge in [0.25, 0.3) is 0 Å². The van der Waals surface area contributed by atoms with Crippen molar-refractivity contribution in [2.45, 2.75) is 55.5 Å². The van der Waals surface area contributed by atoms with E-state index in [1.54, 1.807) is 0 Å². The lowest BCUT2D eigenvalue weighted by Crippen LogP contribution is -2.71. The van der Waals surface area contributed by atoms with Crippen LogP contribution in [0.5, 0.6) is 0 Å². The van der Waals surface area contributed by atoms with Crippen molar-refractivity contribution >= 4 is 11.6 Å². The first-order valence-electron chi connectivity index (χ1n) is 9.12. The maximum atomic E-state index is 13.3. The van der Waals surface area contributed by atoms with E-state index in [1.807, 2.05) is 0 Å². The topological polar surface area (TPSA) is 88.6 Å². The molecule has 8 heteroatoms. The lowest BCUT2D eigenvalue weighted by molar-refractivity contribution is -0.0204. The zero-order chi connectivity index (χ0) is 17.1. The predicted octanol–water partition coefficient (Wildman–Crippen LogP) is -0.297. The second kappa shape index (κ2) is 8.58. The largest absolute Gasteiger partial charge is 0.393 e. The van der Waals surface area contributed by atoms with Crippen molar-refractivity contribution in [3.05, 3.63) is 0 Å². The molecule has 3 aliphatic rings. The Bertz CT molecular complexity index is 408. The number of halogens is 2. The summed E-state index contributed by atoms with van der Waals surface area (Å²) < 4.78 is 13.3. The van der Waals surface area contributed by atoms with Crippen LogP contribution < -0.4 is 21.5 Å². The number of aliphatic hydroxyl groups excluding tert-OH is 2. The van der Waals surface area contributed by atoms with Gasteiger partial charge >= 0.3 is 0 Å². The zero-order valence-corrected chi connectivity index (χ0v) is 14.7. The van der Waals surface area contributed by atoms with E-state index in [4.69, 9.17) is 16.7 Å². The van der Waals surface area contributed by atoms with Crippen molar-refractivity contribution in [2.24, 2.45) is 17.8 Å². The lowest BCUT2D eigenvalue weighted by atomic mass is 9.69. The van der Waals surface area contributed by atoms with Crippen LogP contribution in [0.25, 0.3) is 0 Å². The molecule has 3 fully saturated rings. The molecule has 0 aromatic rings. The Kier molecular flexibility index (Phi) is 6.70. The first-order chi connectivity index (χ1) is 11.6. The molecule has 0 amide bonds. The second-order valence-electron chi connectivity index (χ2n) is 7.44. The zero-order valence-electron chi connectivity index (χ0n) is 13.9. The molecule has 2 heterocycles. The summed E-state index contributed by atoms with van der Waals surface area (Å²) in [4.78, 5) is 0. The molecule has 0 radical (unpaired) electrons. The molecule has 0 bridgehead atoms. The fraction of sp³-hybridized carbons (Fsp3) is 1.00. The molecule has 7 unspecified atom stereocenters. The molecule has 3 rings (SSSR count). The number of fused-ring (bicyclic) bond motifs is 1. The fourth-order valence-corrected chi connectivity index (χ4v) is 4.91. The maximum absolute atomic E-state index is 13.3. The molecule has 6 nitrogen and oxygen atoms in total. The fourth-order valence-electron chi connectivity index (χ4n) is 4.60. The van der Waals surface area contributed by atoms with E-state index < -0.39 is 12.8 Å². The van der Waals surface area contributed by atoms with Crippen molar-refractivity contribution in [3.63, 3.8) is 0 Å². The Morgan fingerprint density at radius 3 is 2.75 bits per heavy atom. The van der Waals surface area contributed by atoms with Crippen LogP contribution in [-0.4, -0.2) is 66.3 Å². The van der Waals surface area contributed by atoms with Crippen molar-refractivity contribution in [1.29, 1.82) is 0 Å². The van der Waals surface area contributed by atoms with Crippen molar-refractivity contribution in [2.75, 3.05) is 26.2 Å². The van der Waals surface area contributed by atoms with Gasteiger partial charge in [0.05, 0.1) is 18.9 Å². The minimum absolute atomic E-state index is 0.0506. The molecule has 8 atom stereocenters. The van der Waals surface area contributed by atoms with Crippen LogP contribution in [0.1, 0.15) is 25.7 Å². The standard InChI is InChI=1S/C16H30ClFN4O2/c17-9-1-2-12(14(24)5-9)15-11-3-4-19-7-13(11)16(22-21-15)20-6-10(18)8-23/h9-16,19-24H,1-8H2/t9?,10-,11?,12?,13?,14?,15?,16?/m0/s1. The van der Waals surface area contributed by atoms with Gasteiger partial charge in [0.2, 0.25) is 0 Å². The summed E-state index contributed by atoms with van der Waals surface area (Å²) in [5.41, 5.74) is 6.68. The average Bonchev–Trinajstić information content (AvgIpc) is 2.60. The first kappa shape index (κ1) is 18.8. The van der Waals surface area contributed by atoms with Gasteiger partial charge in [0.1, 0.15) is 6.17 Å². The average molecular weight is 365 g/mol. The molecule has 24 heavy (non-hydrogen) atoms. The van der Waals surface area contributed by atoms with Gasteiger partial charge in [-0.05, 0) is 38.1 Å². The second-order valence-corrected chi connectivity index (χ2v) is 8.06. The summed E-state index contributed by atoms with van der Waals surface area (Å²) in [7, 11) is 0. The third kappa shape index (κ3) is 4.20. The van der Waals surface area contributed by atoms with E-state index in [0.717, 1.165) is 32.4 Å². The number of alkyl halides is 2. The Morgan fingerprint density at radius 1 is 1.17 bits per heavy atom. The van der Waals surface area contributed by atoms with Crippen LogP contribution in [0.3, 0.4) is 0 Å². The van der Waals surface area contributed by atoms with Crippen molar-refractivity contribution < 1.29 is 14.6 Å². The van der Waals surface area contributed by atoms with Gasteiger partial charge in [0, 0.05) is 36.3 Å². The van der Waals surface area contributed by atoms with E-state index in [9.17, 15) is 9.50 Å². The molecular weight excluding hydrogens is 335 g/mol. The van der Waals surface area contributed by atoms with Crippen LogP contribution in [0.2, 0.25) is 0 Å². The van der Waals surface area contributed by atoms with Crippen LogP contribution in [0.4, 0.5) is 4.39 Å². The summed E-state index contributed by atoms with van der Waals surface area (Å²) in [6.07, 6.45) is 1.89. The van der Waals surface area contributed by atoms with Gasteiger partial charge in [-0.2, -0.15) is 0 Å². The van der Waals surface area contributed by atoms with Gasteiger partial charge in [0.15, 0.2) is 0 Å². The smallest absolute Gasteiger partial charge is 0.135 e. The van der Waals surface area contributed by atoms with E-state index >= 15 is 0 Å². The van der Waals surface area contributed by atoms with Gasteiger partial charge in [-0.25, -0.2) is 9.82 Å². The number of rotatable bonds is 5. The number of piperidine rings is 1. The first-order valence-corrected chi connectivity index (χ1v) is 9.56. The van der Waals surface area contributed by atoms with E-state index in [-0.39, 0.29) is 36.2 Å². The van der Waals surface area contributed by atoms with Crippen LogP contribution in [0, 0.1) is 17.8 Å². The third-order valence-electron chi connectivity index (χ3n) is 5.90. The highest BCUT2D eigenvalue weighted by Crippen LogP contribution is 2.38. The summed E-state index contributed by atoms with van der Waals surface area (Å²) in [6.45, 7) is 1.50. The maximum Gasteiger partial charge on any atom is 0.135 e. The molecule has 0 aromatic carbocycles. The van der Waals surface area contributed by atoms with E-state index in [2.05, 4.69) is 21.5 Å². The quantitative estimate of drug-likeness (QED) is 0.376. The molecule has 0 spiro atoms. The van der Waals surface area contributed by atoms with Gasteiger partial charge in [-0.15, -0.1) is 11.6 Å². The van der Waals surface area contributed by atoms with Gasteiger partial charge in [-0.1, -0.05) is 0 Å². The van der Waals surface area contributed by atoms with Crippen LogP contribution in [0.15, 0.2) is 0 Å². The third-order valence-corrected chi connectivity index (χ3v) is 6.30. The van der Waals surface area contributed by atoms with E-state index in [0.29, 0.717) is 18.3 Å². The van der Waals surface area contributed by atoms with Crippen molar-refractivity contribution in [3.8, 4) is 0 Å². The molecule has 1 aliphatic carbocycles. The number of hydrogen-bond acceptors (Lipinski definition) is 6. The molecule has 6 N–H and O–H groups in total. The molecule has 140 valence electrons. The lowest BCUT2D eigenvalue weighted by Gasteiger charge is -2.51. The molecule has 2 aliphatic heterocycles. The van der Waals surface area contributed by atoms with Crippen LogP contribution >= 0.6 is 11.6 Å². The normalized spacial score (nSPS) is 44.8. The molecule has 1 saturated carbocycles. The summed E-state index contributed by atoms with van der Waals surface area (Å²) in [5.74, 6) is 0.936. The molecule has 2 saturated heterocycles. The highest BCUT2D eigenvalue weighted by Gasteiger charge is 2.46. The molecule has 0 aromatic heterocycles. The van der Waals surface area contributed by atoms with Crippen LogP contribution in [-0.2, 0) is 0 Å². The van der Waals surface area contributed by atoms with Crippen molar-refractivity contribution in [1.82, 2.24) is 21.5 Å².